The number of hydrogen-bond acceptors (Lipinski definition) is 3. The summed E-state index contributed by atoms with van der Waals surface area (Å²) >= 11 is 0. The largest absolute Gasteiger partial charge is 0.301 e. The third kappa shape index (κ3) is 4.26. The van der Waals surface area contributed by atoms with Gasteiger partial charge in [-0.1, -0.05) is 36.8 Å². The fraction of sp³-hybridized carbons (Fsp3) is 0.579. The van der Waals surface area contributed by atoms with Crippen molar-refractivity contribution < 1.29 is 4.79 Å². The third-order valence-corrected chi connectivity index (χ3v) is 4.83. The number of Topliss-reactive ketones (excluding diaryl/α,β-unsaturated/α-hetero) is 1. The van der Waals surface area contributed by atoms with Gasteiger partial charge in [-0.15, -0.1) is 0 Å². The van der Waals surface area contributed by atoms with Crippen LogP contribution in [0.1, 0.15) is 50.0 Å². The number of carbonyl (C=O) groups is 1. The maximum Gasteiger partial charge on any atom is 0.139 e. The van der Waals surface area contributed by atoms with Crippen molar-refractivity contribution in [1.29, 1.82) is 0 Å². The minimum Gasteiger partial charge on any atom is -0.301 e. The van der Waals surface area contributed by atoms with E-state index < -0.39 is 0 Å². The summed E-state index contributed by atoms with van der Waals surface area (Å²) in [6.07, 6.45) is 6.22. The lowest BCUT2D eigenvalue weighted by Gasteiger charge is -2.26. The lowest BCUT2D eigenvalue weighted by Crippen LogP contribution is -2.32. The van der Waals surface area contributed by atoms with Gasteiger partial charge in [0.2, 0.25) is 0 Å². The van der Waals surface area contributed by atoms with E-state index in [1.807, 2.05) is 6.07 Å². The quantitative estimate of drug-likeness (QED) is 0.853. The maximum atomic E-state index is 12.0. The van der Waals surface area contributed by atoms with E-state index in [4.69, 9.17) is 4.99 Å². The molecule has 0 N–H and O–H groups in total. The molecule has 1 atom stereocenters. The van der Waals surface area contributed by atoms with Gasteiger partial charge in [0.05, 0.1) is 6.54 Å². The van der Waals surface area contributed by atoms with Gasteiger partial charge in [-0.25, -0.2) is 0 Å². The second-order valence-corrected chi connectivity index (χ2v) is 6.58. The Morgan fingerprint density at radius 3 is 2.59 bits per heavy atom. The zero-order chi connectivity index (χ0) is 15.2. The first-order valence-corrected chi connectivity index (χ1v) is 8.62. The van der Waals surface area contributed by atoms with Crippen molar-refractivity contribution in [3.63, 3.8) is 0 Å². The Hall–Kier alpha value is -1.48. The molecule has 1 saturated carbocycles. The predicted octanol–water partition coefficient (Wildman–Crippen LogP) is 3.45. The molecule has 3 heteroatoms. The summed E-state index contributed by atoms with van der Waals surface area (Å²) < 4.78 is 0. The molecule has 22 heavy (non-hydrogen) atoms. The standard InChI is InChI=1S/C19H26N2O/c22-19-14-17(16-7-3-1-4-8-16)13-18(15-19)20-9-12-21-10-5-2-6-11-21/h1,3-4,7-8,17H,2,5-6,9-15H2. The zero-order valence-electron chi connectivity index (χ0n) is 13.3. The molecule has 118 valence electrons. The predicted molar refractivity (Wildman–Crippen MR) is 90.6 cm³/mol. The van der Waals surface area contributed by atoms with E-state index in [1.54, 1.807) is 0 Å². The summed E-state index contributed by atoms with van der Waals surface area (Å²) in [7, 11) is 0. The Balaban J connectivity index is 1.56. The minimum absolute atomic E-state index is 0.330. The summed E-state index contributed by atoms with van der Waals surface area (Å²) in [5.74, 6) is 0.674. The molecule has 3 nitrogen and oxygen atoms in total. The van der Waals surface area contributed by atoms with Gasteiger partial charge in [0.15, 0.2) is 0 Å². The number of benzene rings is 1. The molecule has 0 aromatic heterocycles. The van der Waals surface area contributed by atoms with Crippen LogP contribution >= 0.6 is 0 Å². The molecule has 1 unspecified atom stereocenters. The number of nitrogens with zero attached hydrogens (tertiary/aromatic N) is 2. The van der Waals surface area contributed by atoms with Gasteiger partial charge in [0.25, 0.3) is 0 Å². The van der Waals surface area contributed by atoms with Crippen LogP contribution in [0, 0.1) is 0 Å². The lowest BCUT2D eigenvalue weighted by atomic mass is 9.82. The zero-order valence-corrected chi connectivity index (χ0v) is 13.3. The van der Waals surface area contributed by atoms with Crippen molar-refractivity contribution in [3.8, 4) is 0 Å². The first kappa shape index (κ1) is 15.4. The van der Waals surface area contributed by atoms with E-state index in [1.165, 1.54) is 37.9 Å². The number of piperidine rings is 1. The monoisotopic (exact) mass is 298 g/mol. The Kier molecular flexibility index (Phi) is 5.38. The highest BCUT2D eigenvalue weighted by atomic mass is 16.1. The molecule has 1 aromatic carbocycles. The van der Waals surface area contributed by atoms with Gasteiger partial charge in [-0.05, 0) is 43.8 Å². The Morgan fingerprint density at radius 2 is 1.82 bits per heavy atom. The molecule has 1 heterocycles. The molecule has 3 rings (SSSR count). The van der Waals surface area contributed by atoms with Crippen molar-refractivity contribution in [1.82, 2.24) is 4.90 Å². The van der Waals surface area contributed by atoms with Crippen LogP contribution in [0.15, 0.2) is 35.3 Å². The second kappa shape index (κ2) is 7.68. The molecule has 1 aliphatic heterocycles. The van der Waals surface area contributed by atoms with Gasteiger partial charge >= 0.3 is 0 Å². The lowest BCUT2D eigenvalue weighted by molar-refractivity contribution is -0.118. The number of likely N-dealkylation sites (tertiary alicyclic amines) is 1. The molecule has 1 saturated heterocycles. The number of rotatable bonds is 4. The molecule has 0 bridgehead atoms. The van der Waals surface area contributed by atoms with Crippen LogP contribution in [0.25, 0.3) is 0 Å². The first-order chi connectivity index (χ1) is 10.8. The fourth-order valence-corrected chi connectivity index (χ4v) is 3.62. The highest BCUT2D eigenvalue weighted by molar-refractivity contribution is 6.05. The summed E-state index contributed by atoms with van der Waals surface area (Å²) in [6, 6.07) is 10.4. The summed E-state index contributed by atoms with van der Waals surface area (Å²) in [5, 5.41) is 0. The van der Waals surface area contributed by atoms with Crippen molar-refractivity contribution in [2.75, 3.05) is 26.2 Å². The number of hydrogen-bond donors (Lipinski definition) is 0. The van der Waals surface area contributed by atoms with E-state index in [0.717, 1.165) is 25.2 Å². The smallest absolute Gasteiger partial charge is 0.139 e. The van der Waals surface area contributed by atoms with Gasteiger partial charge in [-0.3, -0.25) is 9.79 Å². The molecule has 1 aromatic rings. The van der Waals surface area contributed by atoms with Crippen LogP contribution in [0.3, 0.4) is 0 Å². The third-order valence-electron chi connectivity index (χ3n) is 4.83. The number of carbonyl (C=O) groups excluding carboxylic acids is 1. The topological polar surface area (TPSA) is 32.7 Å². The van der Waals surface area contributed by atoms with Gasteiger partial charge in [0.1, 0.15) is 5.78 Å². The first-order valence-electron chi connectivity index (χ1n) is 8.62. The summed E-state index contributed by atoms with van der Waals surface area (Å²) in [4.78, 5) is 19.3. The highest BCUT2D eigenvalue weighted by Gasteiger charge is 2.25. The second-order valence-electron chi connectivity index (χ2n) is 6.58. The molecule has 0 spiro atoms. The van der Waals surface area contributed by atoms with Crippen LogP contribution in [0.5, 0.6) is 0 Å². The van der Waals surface area contributed by atoms with E-state index in [2.05, 4.69) is 29.2 Å². The molecular formula is C19H26N2O. The summed E-state index contributed by atoms with van der Waals surface area (Å²) in [5.41, 5.74) is 2.39. The molecule has 2 aliphatic rings. The minimum atomic E-state index is 0.330. The summed E-state index contributed by atoms with van der Waals surface area (Å²) in [6.45, 7) is 4.34. The Morgan fingerprint density at radius 1 is 1.05 bits per heavy atom. The Bertz CT molecular complexity index is 517. The van der Waals surface area contributed by atoms with E-state index >= 15 is 0 Å². The molecule has 0 amide bonds. The van der Waals surface area contributed by atoms with E-state index in [9.17, 15) is 4.79 Å². The SMILES string of the molecule is O=C1CC(=NCCN2CCCCC2)CC(c2ccccc2)C1. The van der Waals surface area contributed by atoms with Gasteiger partial charge in [0, 0.05) is 25.1 Å². The van der Waals surface area contributed by atoms with Crippen molar-refractivity contribution >= 4 is 11.5 Å². The van der Waals surface area contributed by atoms with Crippen LogP contribution in [0.4, 0.5) is 0 Å². The van der Waals surface area contributed by atoms with E-state index in [-0.39, 0.29) is 0 Å². The Labute approximate surface area is 133 Å². The van der Waals surface area contributed by atoms with Crippen LogP contribution in [0.2, 0.25) is 0 Å². The van der Waals surface area contributed by atoms with Crippen molar-refractivity contribution in [3.05, 3.63) is 35.9 Å². The van der Waals surface area contributed by atoms with Gasteiger partial charge < -0.3 is 4.90 Å². The van der Waals surface area contributed by atoms with E-state index in [0.29, 0.717) is 24.5 Å². The average Bonchev–Trinajstić information content (AvgIpc) is 2.56. The molecule has 2 fully saturated rings. The normalized spacial score (nSPS) is 25.5. The van der Waals surface area contributed by atoms with Crippen LogP contribution < -0.4 is 0 Å². The molecule has 1 aliphatic carbocycles. The van der Waals surface area contributed by atoms with Gasteiger partial charge in [-0.2, -0.15) is 0 Å². The van der Waals surface area contributed by atoms with Crippen molar-refractivity contribution in [2.24, 2.45) is 4.99 Å². The maximum absolute atomic E-state index is 12.0. The number of ketones is 1. The number of aliphatic imine (C=N–C) groups is 1. The molecular weight excluding hydrogens is 272 g/mol. The fourth-order valence-electron chi connectivity index (χ4n) is 3.62. The van der Waals surface area contributed by atoms with Crippen LogP contribution in [-0.4, -0.2) is 42.6 Å². The van der Waals surface area contributed by atoms with Crippen molar-refractivity contribution in [2.45, 2.75) is 44.4 Å². The van der Waals surface area contributed by atoms with Crippen LogP contribution in [-0.2, 0) is 4.79 Å². The highest BCUT2D eigenvalue weighted by Crippen LogP contribution is 2.29. The average molecular weight is 298 g/mol. The molecule has 0 radical (unpaired) electrons.